The summed E-state index contributed by atoms with van der Waals surface area (Å²) in [5, 5.41) is 10.1. The molecule has 0 atom stereocenters. The van der Waals surface area contributed by atoms with Crippen molar-refractivity contribution in [2.75, 3.05) is 20.2 Å². The van der Waals surface area contributed by atoms with E-state index in [1.165, 1.54) is 19.3 Å². The molecule has 1 aromatic rings. The zero-order valence-corrected chi connectivity index (χ0v) is 10.8. The maximum absolute atomic E-state index is 9.48. The van der Waals surface area contributed by atoms with Crippen LogP contribution in [0.4, 0.5) is 0 Å². The predicted octanol–water partition coefficient (Wildman–Crippen LogP) is 3.04. The summed E-state index contributed by atoms with van der Waals surface area (Å²) in [6.07, 6.45) is 3.81. The van der Waals surface area contributed by atoms with Crippen LogP contribution in [0.3, 0.4) is 0 Å². The highest BCUT2D eigenvalue weighted by Crippen LogP contribution is 2.33. The van der Waals surface area contributed by atoms with Gasteiger partial charge in [-0.05, 0) is 32.0 Å². The van der Waals surface area contributed by atoms with Gasteiger partial charge in [-0.1, -0.05) is 18.0 Å². The van der Waals surface area contributed by atoms with Crippen molar-refractivity contribution in [3.63, 3.8) is 0 Å². The van der Waals surface area contributed by atoms with Crippen molar-refractivity contribution < 1.29 is 9.84 Å². The lowest BCUT2D eigenvalue weighted by Gasteiger charge is -2.27. The first-order chi connectivity index (χ1) is 8.20. The van der Waals surface area contributed by atoms with Crippen LogP contribution in [-0.4, -0.2) is 30.2 Å². The van der Waals surface area contributed by atoms with E-state index in [2.05, 4.69) is 4.90 Å². The van der Waals surface area contributed by atoms with E-state index in [9.17, 15) is 5.11 Å². The molecule has 1 aromatic carbocycles. The minimum absolute atomic E-state index is 0.147. The number of halogens is 1. The fraction of sp³-hybridized carbons (Fsp3) is 0.538. The number of hydrogen-bond donors (Lipinski definition) is 1. The van der Waals surface area contributed by atoms with Crippen molar-refractivity contribution >= 4 is 11.6 Å². The van der Waals surface area contributed by atoms with Gasteiger partial charge in [-0.15, -0.1) is 0 Å². The second-order valence-corrected chi connectivity index (χ2v) is 4.85. The number of rotatable bonds is 3. The van der Waals surface area contributed by atoms with Crippen molar-refractivity contribution in [1.82, 2.24) is 4.90 Å². The Balaban J connectivity index is 2.18. The van der Waals surface area contributed by atoms with E-state index in [1.54, 1.807) is 19.2 Å². The van der Waals surface area contributed by atoms with E-state index < -0.39 is 0 Å². The maximum Gasteiger partial charge on any atom is 0.128 e. The molecular weight excluding hydrogens is 238 g/mol. The van der Waals surface area contributed by atoms with Gasteiger partial charge < -0.3 is 9.84 Å². The first kappa shape index (κ1) is 12.5. The molecule has 17 heavy (non-hydrogen) atoms. The Bertz CT molecular complexity index is 389. The summed E-state index contributed by atoms with van der Waals surface area (Å²) in [6, 6.07) is 3.19. The second-order valence-electron chi connectivity index (χ2n) is 4.45. The Labute approximate surface area is 107 Å². The molecule has 0 radical (unpaired) electrons. The first-order valence-corrected chi connectivity index (χ1v) is 6.36. The van der Waals surface area contributed by atoms with Crippen LogP contribution in [0.15, 0.2) is 12.1 Å². The zero-order chi connectivity index (χ0) is 12.3. The van der Waals surface area contributed by atoms with Gasteiger partial charge in [0, 0.05) is 18.2 Å². The normalized spacial score (nSPS) is 17.1. The Kier molecular flexibility index (Phi) is 4.13. The third kappa shape index (κ3) is 3.05. The van der Waals surface area contributed by atoms with Gasteiger partial charge in [-0.3, -0.25) is 4.90 Å². The average Bonchev–Trinajstić information content (AvgIpc) is 2.33. The number of nitrogens with zero attached hydrogens (tertiary/aromatic N) is 1. The standard InChI is InChI=1S/C13H18ClNO2/c1-17-13-8-10(16)7-12(14)11(13)9-15-5-3-2-4-6-15/h7-8,16H,2-6,9H2,1H3. The topological polar surface area (TPSA) is 32.7 Å². The SMILES string of the molecule is COc1cc(O)cc(Cl)c1CN1CCCCC1. The summed E-state index contributed by atoms with van der Waals surface area (Å²) in [5.41, 5.74) is 0.967. The van der Waals surface area contributed by atoms with Crippen LogP contribution in [-0.2, 0) is 6.54 Å². The molecule has 4 heteroatoms. The second kappa shape index (κ2) is 5.61. The minimum atomic E-state index is 0.147. The van der Waals surface area contributed by atoms with Crippen LogP contribution in [0, 0.1) is 0 Å². The summed E-state index contributed by atoms with van der Waals surface area (Å²) in [7, 11) is 1.60. The van der Waals surface area contributed by atoms with Gasteiger partial charge in [-0.2, -0.15) is 0 Å². The van der Waals surface area contributed by atoms with Gasteiger partial charge in [-0.25, -0.2) is 0 Å². The van der Waals surface area contributed by atoms with Gasteiger partial charge in [0.2, 0.25) is 0 Å². The fourth-order valence-electron chi connectivity index (χ4n) is 2.27. The average molecular weight is 256 g/mol. The monoisotopic (exact) mass is 255 g/mol. The van der Waals surface area contributed by atoms with Gasteiger partial charge >= 0.3 is 0 Å². The van der Waals surface area contributed by atoms with E-state index in [1.807, 2.05) is 0 Å². The van der Waals surface area contributed by atoms with E-state index in [4.69, 9.17) is 16.3 Å². The number of phenolic OH excluding ortho intramolecular Hbond substituents is 1. The molecule has 0 bridgehead atoms. The number of benzene rings is 1. The van der Waals surface area contributed by atoms with Gasteiger partial charge in [0.25, 0.3) is 0 Å². The van der Waals surface area contributed by atoms with Crippen molar-refractivity contribution in [2.24, 2.45) is 0 Å². The number of ether oxygens (including phenoxy) is 1. The first-order valence-electron chi connectivity index (χ1n) is 5.98. The third-order valence-electron chi connectivity index (χ3n) is 3.19. The van der Waals surface area contributed by atoms with E-state index in [0.717, 1.165) is 25.2 Å². The lowest BCUT2D eigenvalue weighted by atomic mass is 10.1. The Morgan fingerprint density at radius 3 is 2.65 bits per heavy atom. The molecule has 0 spiro atoms. The molecule has 1 aliphatic heterocycles. The molecule has 1 fully saturated rings. The maximum atomic E-state index is 9.48. The summed E-state index contributed by atoms with van der Waals surface area (Å²) < 4.78 is 5.28. The van der Waals surface area contributed by atoms with Crippen LogP contribution in [0.1, 0.15) is 24.8 Å². The van der Waals surface area contributed by atoms with Gasteiger partial charge in [0.1, 0.15) is 11.5 Å². The molecule has 1 saturated heterocycles. The molecule has 0 aliphatic carbocycles. The molecule has 2 rings (SSSR count). The molecule has 1 heterocycles. The number of phenols is 1. The van der Waals surface area contributed by atoms with Gasteiger partial charge in [0.15, 0.2) is 0 Å². The quantitative estimate of drug-likeness (QED) is 0.901. The number of piperidine rings is 1. The summed E-state index contributed by atoms with van der Waals surface area (Å²) in [5.74, 6) is 0.815. The number of aromatic hydroxyl groups is 1. The molecule has 0 saturated carbocycles. The predicted molar refractivity (Wildman–Crippen MR) is 68.8 cm³/mol. The highest BCUT2D eigenvalue weighted by Gasteiger charge is 2.16. The molecule has 3 nitrogen and oxygen atoms in total. The van der Waals surface area contributed by atoms with E-state index >= 15 is 0 Å². The lowest BCUT2D eigenvalue weighted by Crippen LogP contribution is -2.29. The highest BCUT2D eigenvalue weighted by atomic mass is 35.5. The molecule has 0 unspecified atom stereocenters. The largest absolute Gasteiger partial charge is 0.508 e. The number of likely N-dealkylation sites (tertiary alicyclic amines) is 1. The molecule has 94 valence electrons. The van der Waals surface area contributed by atoms with E-state index in [0.29, 0.717) is 10.8 Å². The van der Waals surface area contributed by atoms with Crippen molar-refractivity contribution in [1.29, 1.82) is 0 Å². The Hall–Kier alpha value is -0.930. The number of hydrogen-bond acceptors (Lipinski definition) is 3. The molecular formula is C13H18ClNO2. The highest BCUT2D eigenvalue weighted by molar-refractivity contribution is 6.31. The van der Waals surface area contributed by atoms with Crippen LogP contribution in [0.25, 0.3) is 0 Å². The summed E-state index contributed by atoms with van der Waals surface area (Å²) >= 11 is 6.17. The van der Waals surface area contributed by atoms with Crippen LogP contribution in [0.2, 0.25) is 5.02 Å². The van der Waals surface area contributed by atoms with Crippen LogP contribution < -0.4 is 4.74 Å². The van der Waals surface area contributed by atoms with Crippen molar-refractivity contribution in [2.45, 2.75) is 25.8 Å². The van der Waals surface area contributed by atoms with Crippen LogP contribution >= 0.6 is 11.6 Å². The fourth-order valence-corrected chi connectivity index (χ4v) is 2.54. The smallest absolute Gasteiger partial charge is 0.128 e. The third-order valence-corrected chi connectivity index (χ3v) is 3.53. The molecule has 1 aliphatic rings. The Morgan fingerprint density at radius 2 is 2.00 bits per heavy atom. The minimum Gasteiger partial charge on any atom is -0.508 e. The molecule has 1 N–H and O–H groups in total. The van der Waals surface area contributed by atoms with Gasteiger partial charge in [0.05, 0.1) is 12.1 Å². The zero-order valence-electron chi connectivity index (χ0n) is 10.1. The molecule has 0 amide bonds. The molecule has 0 aromatic heterocycles. The summed E-state index contributed by atoms with van der Waals surface area (Å²) in [4.78, 5) is 2.38. The summed E-state index contributed by atoms with van der Waals surface area (Å²) in [6.45, 7) is 3.02. The van der Waals surface area contributed by atoms with Crippen LogP contribution in [0.5, 0.6) is 11.5 Å². The number of methoxy groups -OCH3 is 1. The van der Waals surface area contributed by atoms with E-state index in [-0.39, 0.29) is 5.75 Å². The lowest BCUT2D eigenvalue weighted by molar-refractivity contribution is 0.218. The Morgan fingerprint density at radius 1 is 1.29 bits per heavy atom. The van der Waals surface area contributed by atoms with Crippen molar-refractivity contribution in [3.8, 4) is 11.5 Å². The van der Waals surface area contributed by atoms with Crippen molar-refractivity contribution in [3.05, 3.63) is 22.7 Å².